The first-order valence-electron chi connectivity index (χ1n) is 8.68. The minimum Gasteiger partial charge on any atom is -0.481 e. The Kier molecular flexibility index (Phi) is 4.89. The summed E-state index contributed by atoms with van der Waals surface area (Å²) in [7, 11) is 0. The Morgan fingerprint density at radius 1 is 1.04 bits per heavy atom. The molecule has 0 unspecified atom stereocenters. The average molecular weight is 323 g/mol. The van der Waals surface area contributed by atoms with E-state index in [0.29, 0.717) is 5.75 Å². The third kappa shape index (κ3) is 3.78. The minimum absolute atomic E-state index is 0.0209. The van der Waals surface area contributed by atoms with Crippen molar-refractivity contribution in [2.75, 3.05) is 0 Å². The number of hydrogen-bond acceptors (Lipinski definition) is 2. The number of hydrogen-bond donors (Lipinski definition) is 1. The van der Waals surface area contributed by atoms with Gasteiger partial charge in [0.2, 0.25) is 0 Å². The fraction of sp³-hybridized carbons (Fsp3) is 0.381. The molecular weight excluding hydrogens is 298 g/mol. The Labute approximate surface area is 144 Å². The summed E-state index contributed by atoms with van der Waals surface area (Å²) in [6.07, 6.45) is 3.04. The van der Waals surface area contributed by atoms with Crippen LogP contribution in [-0.4, -0.2) is 12.0 Å². The molecule has 0 saturated carbocycles. The number of benzene rings is 2. The van der Waals surface area contributed by atoms with E-state index in [9.17, 15) is 4.79 Å². The van der Waals surface area contributed by atoms with Crippen LogP contribution in [0.15, 0.2) is 42.5 Å². The highest BCUT2D eigenvalue weighted by molar-refractivity contribution is 5.81. The third-order valence-corrected chi connectivity index (χ3v) is 4.68. The Bertz CT molecular complexity index is 721. The lowest BCUT2D eigenvalue weighted by Crippen LogP contribution is -2.37. The number of ether oxygens (including phenoxy) is 1. The van der Waals surface area contributed by atoms with E-state index >= 15 is 0 Å². The number of amides is 1. The summed E-state index contributed by atoms with van der Waals surface area (Å²) in [4.78, 5) is 12.4. The van der Waals surface area contributed by atoms with Crippen molar-refractivity contribution in [3.05, 3.63) is 64.7 Å². The first kappa shape index (κ1) is 16.6. The highest BCUT2D eigenvalue weighted by Crippen LogP contribution is 2.25. The SMILES string of the molecule is Cc1ccc(O[C@H](C)C(=O)N[C@H](C)c2ccc3c(c2)CCC3)cc1. The van der Waals surface area contributed by atoms with Crippen LogP contribution in [0.1, 0.15) is 48.6 Å². The Morgan fingerprint density at radius 2 is 1.75 bits per heavy atom. The summed E-state index contributed by atoms with van der Waals surface area (Å²) >= 11 is 0. The van der Waals surface area contributed by atoms with Gasteiger partial charge in [0.1, 0.15) is 5.75 Å². The van der Waals surface area contributed by atoms with Gasteiger partial charge in [0.15, 0.2) is 6.10 Å². The number of aryl methyl sites for hydroxylation is 3. The van der Waals surface area contributed by atoms with E-state index in [4.69, 9.17) is 4.74 Å². The van der Waals surface area contributed by atoms with Gasteiger partial charge in [-0.2, -0.15) is 0 Å². The molecular formula is C21H25NO2. The maximum absolute atomic E-state index is 12.4. The quantitative estimate of drug-likeness (QED) is 0.898. The highest BCUT2D eigenvalue weighted by Gasteiger charge is 2.19. The van der Waals surface area contributed by atoms with E-state index in [1.165, 1.54) is 29.5 Å². The second-order valence-corrected chi connectivity index (χ2v) is 6.69. The predicted molar refractivity (Wildman–Crippen MR) is 96.3 cm³/mol. The lowest BCUT2D eigenvalue weighted by Gasteiger charge is -2.19. The van der Waals surface area contributed by atoms with Crippen molar-refractivity contribution in [2.45, 2.75) is 52.2 Å². The molecule has 3 nitrogen and oxygen atoms in total. The monoisotopic (exact) mass is 323 g/mol. The molecule has 1 aliphatic carbocycles. The van der Waals surface area contributed by atoms with E-state index in [-0.39, 0.29) is 11.9 Å². The van der Waals surface area contributed by atoms with Gasteiger partial charge in [-0.3, -0.25) is 4.79 Å². The zero-order valence-corrected chi connectivity index (χ0v) is 14.6. The molecule has 1 N–H and O–H groups in total. The second kappa shape index (κ2) is 7.08. The summed E-state index contributed by atoms with van der Waals surface area (Å²) < 4.78 is 5.73. The van der Waals surface area contributed by atoms with Crippen molar-refractivity contribution >= 4 is 5.91 Å². The molecule has 0 fully saturated rings. The van der Waals surface area contributed by atoms with Crippen LogP contribution in [0, 0.1) is 6.92 Å². The van der Waals surface area contributed by atoms with Gasteiger partial charge in [-0.25, -0.2) is 0 Å². The van der Waals surface area contributed by atoms with Crippen molar-refractivity contribution in [3.63, 3.8) is 0 Å². The van der Waals surface area contributed by atoms with Gasteiger partial charge in [0, 0.05) is 0 Å². The predicted octanol–water partition coefficient (Wildman–Crippen LogP) is 4.13. The number of carbonyl (C=O) groups is 1. The normalized spacial score (nSPS) is 15.5. The molecule has 2 atom stereocenters. The van der Waals surface area contributed by atoms with E-state index in [1.54, 1.807) is 6.92 Å². The summed E-state index contributed by atoms with van der Waals surface area (Å²) in [6, 6.07) is 14.3. The fourth-order valence-corrected chi connectivity index (χ4v) is 3.15. The summed E-state index contributed by atoms with van der Waals surface area (Å²) in [6.45, 7) is 5.83. The number of rotatable bonds is 5. The van der Waals surface area contributed by atoms with E-state index in [1.807, 2.05) is 38.1 Å². The number of carbonyl (C=O) groups excluding carboxylic acids is 1. The molecule has 2 aromatic rings. The highest BCUT2D eigenvalue weighted by atomic mass is 16.5. The Balaban J connectivity index is 1.60. The fourth-order valence-electron chi connectivity index (χ4n) is 3.15. The first-order chi connectivity index (χ1) is 11.5. The molecule has 2 aromatic carbocycles. The van der Waals surface area contributed by atoms with Gasteiger partial charge < -0.3 is 10.1 Å². The van der Waals surface area contributed by atoms with Crippen LogP contribution in [0.25, 0.3) is 0 Å². The van der Waals surface area contributed by atoms with Crippen LogP contribution in [0.2, 0.25) is 0 Å². The van der Waals surface area contributed by atoms with E-state index in [0.717, 1.165) is 12.0 Å². The molecule has 0 spiro atoms. The topological polar surface area (TPSA) is 38.3 Å². The zero-order valence-electron chi connectivity index (χ0n) is 14.6. The van der Waals surface area contributed by atoms with Crippen molar-refractivity contribution < 1.29 is 9.53 Å². The van der Waals surface area contributed by atoms with Crippen molar-refractivity contribution in [1.82, 2.24) is 5.32 Å². The molecule has 3 heteroatoms. The average Bonchev–Trinajstić information content (AvgIpc) is 3.04. The van der Waals surface area contributed by atoms with E-state index < -0.39 is 6.10 Å². The summed E-state index contributed by atoms with van der Waals surface area (Å²) in [5.74, 6) is 0.622. The zero-order chi connectivity index (χ0) is 17.1. The second-order valence-electron chi connectivity index (χ2n) is 6.69. The molecule has 1 aliphatic rings. The third-order valence-electron chi connectivity index (χ3n) is 4.68. The summed E-state index contributed by atoms with van der Waals surface area (Å²) in [5, 5.41) is 3.05. The smallest absolute Gasteiger partial charge is 0.261 e. The molecule has 0 bridgehead atoms. The minimum atomic E-state index is -0.524. The van der Waals surface area contributed by atoms with Crippen LogP contribution < -0.4 is 10.1 Å². The molecule has 0 radical (unpaired) electrons. The first-order valence-corrected chi connectivity index (χ1v) is 8.68. The molecule has 0 saturated heterocycles. The molecule has 3 rings (SSSR count). The van der Waals surface area contributed by atoms with E-state index in [2.05, 4.69) is 23.5 Å². The lowest BCUT2D eigenvalue weighted by molar-refractivity contribution is -0.127. The van der Waals surface area contributed by atoms with Gasteiger partial charge in [0.05, 0.1) is 6.04 Å². The van der Waals surface area contributed by atoms with Gasteiger partial charge in [-0.15, -0.1) is 0 Å². The molecule has 0 heterocycles. The molecule has 24 heavy (non-hydrogen) atoms. The van der Waals surface area contributed by atoms with Crippen molar-refractivity contribution in [3.8, 4) is 5.75 Å². The van der Waals surface area contributed by atoms with Gasteiger partial charge in [-0.05, 0) is 68.9 Å². The maximum Gasteiger partial charge on any atom is 0.261 e. The largest absolute Gasteiger partial charge is 0.481 e. The van der Waals surface area contributed by atoms with Crippen LogP contribution in [0.4, 0.5) is 0 Å². The van der Waals surface area contributed by atoms with Crippen LogP contribution in [0.3, 0.4) is 0 Å². The Morgan fingerprint density at radius 3 is 2.50 bits per heavy atom. The van der Waals surface area contributed by atoms with Gasteiger partial charge in [-0.1, -0.05) is 35.9 Å². The summed E-state index contributed by atoms with van der Waals surface area (Å²) in [5.41, 5.74) is 5.21. The van der Waals surface area contributed by atoms with Crippen LogP contribution >= 0.6 is 0 Å². The Hall–Kier alpha value is -2.29. The van der Waals surface area contributed by atoms with Gasteiger partial charge in [0.25, 0.3) is 5.91 Å². The lowest BCUT2D eigenvalue weighted by atomic mass is 10.0. The molecule has 126 valence electrons. The molecule has 1 amide bonds. The molecule has 0 aliphatic heterocycles. The van der Waals surface area contributed by atoms with Crippen molar-refractivity contribution in [1.29, 1.82) is 0 Å². The standard InChI is InChI=1S/C21H25NO2/c1-14-7-11-20(12-8-14)24-16(3)21(23)22-15(2)18-10-9-17-5-4-6-19(17)13-18/h7-13,15-16H,4-6H2,1-3H3,(H,22,23)/t15-,16-/m1/s1. The van der Waals surface area contributed by atoms with Crippen LogP contribution in [-0.2, 0) is 17.6 Å². The maximum atomic E-state index is 12.4. The van der Waals surface area contributed by atoms with Gasteiger partial charge >= 0.3 is 0 Å². The van der Waals surface area contributed by atoms with Crippen LogP contribution in [0.5, 0.6) is 5.75 Å². The van der Waals surface area contributed by atoms with Crippen molar-refractivity contribution in [2.24, 2.45) is 0 Å². The number of fused-ring (bicyclic) bond motifs is 1. The number of nitrogens with one attached hydrogen (secondary N) is 1. The molecule has 0 aromatic heterocycles.